The molecule has 31 heavy (non-hydrogen) atoms. The number of halogens is 1. The highest BCUT2D eigenvalue weighted by Gasteiger charge is 2.39. The number of allylic oxidation sites excluding steroid dienone is 1. The number of esters is 1. The highest BCUT2D eigenvalue weighted by Crippen LogP contribution is 2.37. The Kier molecular flexibility index (Phi) is 5.17. The van der Waals surface area contributed by atoms with Crippen molar-refractivity contribution in [2.75, 3.05) is 12.4 Å². The predicted molar refractivity (Wildman–Crippen MR) is 107 cm³/mol. The number of Topliss-reactive ketones (excluding diaryl/α,β-unsaturated/α-hetero) is 1. The van der Waals surface area contributed by atoms with E-state index in [2.05, 4.69) is 20.8 Å². The number of hydrogen-bond acceptors (Lipinski definition) is 9. The van der Waals surface area contributed by atoms with Crippen LogP contribution >= 0.6 is 11.6 Å². The van der Waals surface area contributed by atoms with Crippen LogP contribution in [0.4, 0.5) is 11.6 Å². The number of aromatic nitrogens is 4. The topological polar surface area (TPSA) is 142 Å². The molecule has 0 radical (unpaired) electrons. The number of ether oxygens (including phenoxy) is 1. The van der Waals surface area contributed by atoms with Gasteiger partial charge in [0.25, 0.3) is 5.69 Å². The van der Waals surface area contributed by atoms with Gasteiger partial charge in [0.1, 0.15) is 11.7 Å². The maximum absolute atomic E-state index is 13.5. The number of nitrogens with zero attached hydrogens (tertiary/aromatic N) is 5. The van der Waals surface area contributed by atoms with Crippen LogP contribution in [0.5, 0.6) is 0 Å². The summed E-state index contributed by atoms with van der Waals surface area (Å²) in [6.45, 7) is 0. The Morgan fingerprint density at radius 1 is 1.23 bits per heavy atom. The predicted octanol–water partition coefficient (Wildman–Crippen LogP) is 2.56. The van der Waals surface area contributed by atoms with Crippen molar-refractivity contribution in [2.45, 2.75) is 6.04 Å². The fourth-order valence-corrected chi connectivity index (χ4v) is 3.39. The first-order valence-corrected chi connectivity index (χ1v) is 9.20. The van der Waals surface area contributed by atoms with E-state index in [0.29, 0.717) is 10.6 Å². The molecule has 0 aliphatic carbocycles. The Hall–Kier alpha value is -4.12. The third-order valence-electron chi connectivity index (χ3n) is 4.65. The number of carbonyl (C=O) groups is 2. The average Bonchev–Trinajstić information content (AvgIpc) is 3.25. The molecule has 4 rings (SSSR count). The Balaban J connectivity index is 1.96. The molecule has 1 atom stereocenters. The van der Waals surface area contributed by atoms with Gasteiger partial charge in [-0.1, -0.05) is 28.8 Å². The number of benzene rings is 2. The maximum atomic E-state index is 13.5. The van der Waals surface area contributed by atoms with E-state index in [0.717, 1.165) is 0 Å². The van der Waals surface area contributed by atoms with Crippen LogP contribution in [0.2, 0.25) is 5.02 Å². The molecule has 0 saturated carbocycles. The lowest BCUT2D eigenvalue weighted by atomic mass is 9.89. The van der Waals surface area contributed by atoms with Gasteiger partial charge in [-0.05, 0) is 40.3 Å². The van der Waals surface area contributed by atoms with Crippen LogP contribution in [-0.4, -0.2) is 44.0 Å². The number of nitrogens with one attached hydrogen (secondary N) is 1. The minimum Gasteiger partial charge on any atom is -0.464 e. The van der Waals surface area contributed by atoms with E-state index in [9.17, 15) is 19.7 Å². The molecule has 156 valence electrons. The van der Waals surface area contributed by atoms with Gasteiger partial charge in [-0.2, -0.15) is 4.68 Å². The zero-order valence-corrected chi connectivity index (χ0v) is 16.6. The molecule has 11 nitrogen and oxygen atoms in total. The Morgan fingerprint density at radius 3 is 2.65 bits per heavy atom. The van der Waals surface area contributed by atoms with Gasteiger partial charge in [-0.25, -0.2) is 4.79 Å². The zero-order valence-electron chi connectivity index (χ0n) is 15.9. The van der Waals surface area contributed by atoms with Crippen molar-refractivity contribution in [3.05, 3.63) is 86.1 Å². The monoisotopic (exact) mass is 440 g/mol. The van der Waals surface area contributed by atoms with Crippen molar-refractivity contribution < 1.29 is 19.2 Å². The van der Waals surface area contributed by atoms with Crippen molar-refractivity contribution >= 4 is 35.0 Å². The van der Waals surface area contributed by atoms with E-state index < -0.39 is 22.7 Å². The van der Waals surface area contributed by atoms with E-state index in [1.54, 1.807) is 6.07 Å². The van der Waals surface area contributed by atoms with Crippen LogP contribution in [0.3, 0.4) is 0 Å². The second-order valence-electron chi connectivity index (χ2n) is 6.44. The fourth-order valence-electron chi connectivity index (χ4n) is 3.26. The van der Waals surface area contributed by atoms with Crippen LogP contribution in [-0.2, 0) is 9.53 Å². The number of fused-ring (bicyclic) bond motifs is 1. The van der Waals surface area contributed by atoms with Crippen molar-refractivity contribution in [1.29, 1.82) is 0 Å². The summed E-state index contributed by atoms with van der Waals surface area (Å²) in [4.78, 5) is 36.8. The molecule has 1 N–H and O–H groups in total. The molecule has 0 amide bonds. The number of methoxy groups -OCH3 is 1. The first kappa shape index (κ1) is 20.2. The first-order valence-electron chi connectivity index (χ1n) is 8.82. The summed E-state index contributed by atoms with van der Waals surface area (Å²) >= 11 is 5.92. The van der Waals surface area contributed by atoms with Crippen LogP contribution < -0.4 is 5.32 Å². The van der Waals surface area contributed by atoms with Crippen molar-refractivity contribution in [3.8, 4) is 0 Å². The summed E-state index contributed by atoms with van der Waals surface area (Å²) < 4.78 is 6.12. The van der Waals surface area contributed by atoms with Gasteiger partial charge >= 0.3 is 5.97 Å². The molecule has 12 heteroatoms. The summed E-state index contributed by atoms with van der Waals surface area (Å²) in [6.07, 6.45) is 0. The van der Waals surface area contributed by atoms with Gasteiger partial charge in [-0.15, -0.1) is 0 Å². The number of rotatable bonds is 5. The molecule has 2 aromatic carbocycles. The standard InChI is InChI=1S/C19H13ClN6O5/c1-31-18(28)15-14(17(27)10-5-7-12(20)8-6-10)16(25-19(21-15)22-23-24-25)11-3-2-4-13(9-11)26(29)30/h2-9,16H,1H3,(H,21,22,24)/t16-/m1/s1. The van der Waals surface area contributed by atoms with Gasteiger partial charge in [-0.3, -0.25) is 14.9 Å². The smallest absolute Gasteiger partial charge is 0.355 e. The first-order chi connectivity index (χ1) is 14.9. The molecule has 1 aromatic heterocycles. The lowest BCUT2D eigenvalue weighted by Crippen LogP contribution is -2.33. The molecule has 1 aliphatic rings. The lowest BCUT2D eigenvalue weighted by molar-refractivity contribution is -0.384. The van der Waals surface area contributed by atoms with Crippen LogP contribution in [0.1, 0.15) is 22.0 Å². The SMILES string of the molecule is COC(=O)C1=C(C(=O)c2ccc(Cl)cc2)[C@@H](c2cccc([N+](=O)[O-])c2)n2nnnc2N1. The zero-order chi connectivity index (χ0) is 22.1. The largest absolute Gasteiger partial charge is 0.464 e. The third-order valence-corrected chi connectivity index (χ3v) is 4.91. The van der Waals surface area contributed by atoms with E-state index in [1.165, 1.54) is 54.3 Å². The number of nitro benzene ring substituents is 1. The van der Waals surface area contributed by atoms with Crippen LogP contribution in [0, 0.1) is 10.1 Å². The van der Waals surface area contributed by atoms with E-state index in [-0.39, 0.29) is 28.5 Å². The fraction of sp³-hybridized carbons (Fsp3) is 0.105. The number of tetrazole rings is 1. The molecule has 0 fully saturated rings. The van der Waals surface area contributed by atoms with Gasteiger partial charge in [0.2, 0.25) is 5.95 Å². The molecule has 2 heterocycles. The summed E-state index contributed by atoms with van der Waals surface area (Å²) in [5, 5.41) is 25.8. The Bertz CT molecular complexity index is 1240. The number of anilines is 1. The average molecular weight is 441 g/mol. The van der Waals surface area contributed by atoms with Crippen molar-refractivity contribution in [1.82, 2.24) is 20.2 Å². The van der Waals surface area contributed by atoms with Gasteiger partial charge in [0, 0.05) is 22.7 Å². The molecule has 1 aliphatic heterocycles. The third kappa shape index (κ3) is 3.62. The maximum Gasteiger partial charge on any atom is 0.355 e. The molecular weight excluding hydrogens is 428 g/mol. The number of hydrogen-bond donors (Lipinski definition) is 1. The van der Waals surface area contributed by atoms with E-state index >= 15 is 0 Å². The summed E-state index contributed by atoms with van der Waals surface area (Å²) in [5.74, 6) is -1.27. The van der Waals surface area contributed by atoms with Crippen molar-refractivity contribution in [2.24, 2.45) is 0 Å². The normalized spacial score (nSPS) is 15.1. The molecule has 0 saturated heterocycles. The van der Waals surface area contributed by atoms with Gasteiger partial charge in [0.05, 0.1) is 17.6 Å². The number of non-ortho nitro benzene ring substituents is 1. The minimum atomic E-state index is -1.02. The number of nitro groups is 1. The molecule has 0 bridgehead atoms. The second-order valence-corrected chi connectivity index (χ2v) is 6.88. The highest BCUT2D eigenvalue weighted by atomic mass is 35.5. The molecule has 0 unspecified atom stereocenters. The summed E-state index contributed by atoms with van der Waals surface area (Å²) in [7, 11) is 1.17. The van der Waals surface area contributed by atoms with Crippen LogP contribution in [0.15, 0.2) is 59.8 Å². The molecular formula is C19H13ClN6O5. The summed E-state index contributed by atoms with van der Waals surface area (Å²) in [6, 6.07) is 10.7. The Morgan fingerprint density at radius 2 is 1.97 bits per heavy atom. The lowest BCUT2D eigenvalue weighted by Gasteiger charge is -2.28. The van der Waals surface area contributed by atoms with E-state index in [4.69, 9.17) is 16.3 Å². The molecule has 3 aromatic rings. The Labute approximate surface area is 179 Å². The quantitative estimate of drug-likeness (QED) is 0.274. The van der Waals surface area contributed by atoms with Crippen LogP contribution in [0.25, 0.3) is 0 Å². The highest BCUT2D eigenvalue weighted by molar-refractivity contribution is 6.30. The molecule has 0 spiro atoms. The van der Waals surface area contributed by atoms with Gasteiger partial charge in [0.15, 0.2) is 5.78 Å². The van der Waals surface area contributed by atoms with E-state index in [1.807, 2.05) is 0 Å². The number of carbonyl (C=O) groups excluding carboxylic acids is 2. The summed E-state index contributed by atoms with van der Waals surface area (Å²) in [5.41, 5.74) is 0.191. The van der Waals surface area contributed by atoms with Crippen molar-refractivity contribution in [3.63, 3.8) is 0 Å². The van der Waals surface area contributed by atoms with Gasteiger partial charge < -0.3 is 10.1 Å². The second kappa shape index (κ2) is 7.95. The number of ketones is 1. The minimum absolute atomic E-state index is 0.0329.